The van der Waals surface area contributed by atoms with Crippen LogP contribution in [0.1, 0.15) is 15.9 Å². The number of amides is 1. The maximum Gasteiger partial charge on any atom is 0.344 e. The molecule has 36 heavy (non-hydrogen) atoms. The molecule has 0 fully saturated rings. The Labute approximate surface area is 207 Å². The number of benzene rings is 5. The van der Waals surface area contributed by atoms with E-state index in [-0.39, 0.29) is 12.5 Å². The number of nitrogens with zero attached hydrogens (tertiary/aromatic N) is 1. The third-order valence-corrected chi connectivity index (χ3v) is 5.61. The number of fused-ring (bicyclic) bond motifs is 2. The molecule has 176 valence electrons. The first-order chi connectivity index (χ1) is 17.7. The molecule has 0 saturated carbocycles. The number of carbonyl (C=O) groups is 2. The average molecular weight is 475 g/mol. The predicted molar refractivity (Wildman–Crippen MR) is 141 cm³/mol. The van der Waals surface area contributed by atoms with Crippen molar-refractivity contribution in [1.29, 1.82) is 0 Å². The zero-order valence-electron chi connectivity index (χ0n) is 19.3. The zero-order valence-corrected chi connectivity index (χ0v) is 19.3. The highest BCUT2D eigenvalue weighted by molar-refractivity contribution is 6.05. The summed E-state index contributed by atoms with van der Waals surface area (Å²) in [5.41, 5.74) is 3.69. The Balaban J connectivity index is 1.15. The normalized spacial score (nSPS) is 11.0. The molecule has 0 spiro atoms. The van der Waals surface area contributed by atoms with E-state index in [1.165, 1.54) is 6.21 Å². The van der Waals surface area contributed by atoms with Gasteiger partial charge >= 0.3 is 5.97 Å². The van der Waals surface area contributed by atoms with Crippen LogP contribution in [0, 0.1) is 0 Å². The number of rotatable bonds is 7. The second kappa shape index (κ2) is 10.5. The summed E-state index contributed by atoms with van der Waals surface area (Å²) >= 11 is 0. The third-order valence-electron chi connectivity index (χ3n) is 5.61. The second-order valence-corrected chi connectivity index (χ2v) is 8.04. The lowest BCUT2D eigenvalue weighted by molar-refractivity contribution is -0.123. The molecule has 6 nitrogen and oxygen atoms in total. The molecule has 0 aliphatic heterocycles. The van der Waals surface area contributed by atoms with Crippen molar-refractivity contribution in [3.63, 3.8) is 0 Å². The van der Waals surface area contributed by atoms with Crippen molar-refractivity contribution in [3.05, 3.63) is 120 Å². The summed E-state index contributed by atoms with van der Waals surface area (Å²) in [6.45, 7) is -0.158. The van der Waals surface area contributed by atoms with Gasteiger partial charge in [0.15, 0.2) is 6.61 Å². The van der Waals surface area contributed by atoms with E-state index in [2.05, 4.69) is 10.5 Å². The van der Waals surface area contributed by atoms with E-state index in [1.807, 2.05) is 78.9 Å². The van der Waals surface area contributed by atoms with Crippen molar-refractivity contribution < 1.29 is 19.1 Å². The molecule has 6 heteroatoms. The molecule has 0 atom stereocenters. The van der Waals surface area contributed by atoms with Gasteiger partial charge < -0.3 is 9.47 Å². The SMILES string of the molecule is O=C(COc1cccc2ccccc12)N/N=C/c1ccc(OC(=O)c2cccc3ccccc23)cc1. The minimum atomic E-state index is -0.424. The van der Waals surface area contributed by atoms with Gasteiger partial charge in [0.1, 0.15) is 11.5 Å². The molecule has 0 bridgehead atoms. The van der Waals surface area contributed by atoms with Gasteiger partial charge in [-0.15, -0.1) is 0 Å². The molecule has 0 saturated heterocycles. The fourth-order valence-electron chi connectivity index (χ4n) is 3.86. The monoisotopic (exact) mass is 474 g/mol. The standard InChI is InChI=1S/C30H22N2O4/c33-29(20-35-28-14-6-10-23-8-2-4-12-26(23)28)32-31-19-21-15-17-24(18-16-21)36-30(34)27-13-5-9-22-7-1-3-11-25(22)27/h1-19H,20H2,(H,32,33)/b31-19+. The molecule has 0 radical (unpaired) electrons. The Morgan fingerprint density at radius 1 is 0.722 bits per heavy atom. The van der Waals surface area contributed by atoms with Crippen LogP contribution in [0.3, 0.4) is 0 Å². The van der Waals surface area contributed by atoms with Crippen molar-refractivity contribution in [3.8, 4) is 11.5 Å². The van der Waals surface area contributed by atoms with Crippen molar-refractivity contribution in [2.24, 2.45) is 5.10 Å². The van der Waals surface area contributed by atoms with E-state index in [4.69, 9.17) is 9.47 Å². The first-order valence-electron chi connectivity index (χ1n) is 11.4. The molecule has 0 aromatic heterocycles. The third kappa shape index (κ3) is 5.23. The van der Waals surface area contributed by atoms with Crippen LogP contribution in [0.25, 0.3) is 21.5 Å². The number of esters is 1. The van der Waals surface area contributed by atoms with Gasteiger partial charge in [0.05, 0.1) is 11.8 Å². The largest absolute Gasteiger partial charge is 0.483 e. The van der Waals surface area contributed by atoms with Gasteiger partial charge in [-0.2, -0.15) is 5.10 Å². The average Bonchev–Trinajstić information content (AvgIpc) is 2.92. The molecule has 0 aliphatic rings. The first kappa shape index (κ1) is 22.8. The molecule has 1 amide bonds. The fourth-order valence-corrected chi connectivity index (χ4v) is 3.86. The number of hydrogen-bond acceptors (Lipinski definition) is 5. The van der Waals surface area contributed by atoms with Gasteiger partial charge in [-0.1, -0.05) is 72.8 Å². The van der Waals surface area contributed by atoms with Gasteiger partial charge in [-0.25, -0.2) is 10.2 Å². The molecule has 0 heterocycles. The second-order valence-electron chi connectivity index (χ2n) is 8.04. The number of nitrogens with one attached hydrogen (secondary N) is 1. The predicted octanol–water partition coefficient (Wildman–Crippen LogP) is 5.74. The highest BCUT2D eigenvalue weighted by Crippen LogP contribution is 2.25. The van der Waals surface area contributed by atoms with Crippen LogP contribution in [0.2, 0.25) is 0 Å². The topological polar surface area (TPSA) is 77.0 Å². The summed E-state index contributed by atoms with van der Waals surface area (Å²) < 4.78 is 11.2. The maximum absolute atomic E-state index is 12.7. The van der Waals surface area contributed by atoms with E-state index in [1.54, 1.807) is 30.3 Å². The summed E-state index contributed by atoms with van der Waals surface area (Å²) in [5, 5.41) is 7.78. The molecule has 5 rings (SSSR count). The van der Waals surface area contributed by atoms with Gasteiger partial charge in [0.25, 0.3) is 5.91 Å². The Morgan fingerprint density at radius 3 is 2.14 bits per heavy atom. The number of carbonyl (C=O) groups excluding carboxylic acids is 2. The van der Waals surface area contributed by atoms with Gasteiger partial charge in [-0.3, -0.25) is 4.79 Å². The number of hydrazone groups is 1. The minimum Gasteiger partial charge on any atom is -0.483 e. The smallest absolute Gasteiger partial charge is 0.344 e. The molecule has 1 N–H and O–H groups in total. The molecule has 0 unspecified atom stereocenters. The highest BCUT2D eigenvalue weighted by Gasteiger charge is 2.12. The Bertz CT molecular complexity index is 1570. The molecule has 0 aliphatic carbocycles. The van der Waals surface area contributed by atoms with Gasteiger partial charge in [0, 0.05) is 5.39 Å². The van der Waals surface area contributed by atoms with Crippen LogP contribution in [0.4, 0.5) is 0 Å². The van der Waals surface area contributed by atoms with Crippen LogP contribution >= 0.6 is 0 Å². The van der Waals surface area contributed by atoms with Crippen molar-refractivity contribution >= 4 is 39.6 Å². The highest BCUT2D eigenvalue weighted by atomic mass is 16.5. The molecular weight excluding hydrogens is 452 g/mol. The van der Waals surface area contributed by atoms with Crippen molar-refractivity contribution in [2.75, 3.05) is 6.61 Å². The summed E-state index contributed by atoms with van der Waals surface area (Å²) in [5.74, 6) is 0.255. The van der Waals surface area contributed by atoms with Gasteiger partial charge in [-0.05, 0) is 58.1 Å². The summed E-state index contributed by atoms with van der Waals surface area (Å²) in [6, 6.07) is 33.6. The van der Waals surface area contributed by atoms with Crippen LogP contribution in [-0.2, 0) is 4.79 Å². The van der Waals surface area contributed by atoms with Crippen molar-refractivity contribution in [1.82, 2.24) is 5.43 Å². The van der Waals surface area contributed by atoms with E-state index in [0.717, 1.165) is 27.1 Å². The fraction of sp³-hybridized carbons (Fsp3) is 0.0333. The Hall–Kier alpha value is -4.97. The van der Waals surface area contributed by atoms with Crippen LogP contribution < -0.4 is 14.9 Å². The molecular formula is C30H22N2O4. The van der Waals surface area contributed by atoms with E-state index < -0.39 is 5.97 Å². The molecule has 5 aromatic carbocycles. The lowest BCUT2D eigenvalue weighted by atomic mass is 10.0. The van der Waals surface area contributed by atoms with Crippen LogP contribution in [-0.4, -0.2) is 24.7 Å². The minimum absolute atomic E-state index is 0.158. The maximum atomic E-state index is 12.7. The Morgan fingerprint density at radius 2 is 1.36 bits per heavy atom. The zero-order chi connectivity index (χ0) is 24.7. The lowest BCUT2D eigenvalue weighted by Crippen LogP contribution is -2.24. The quantitative estimate of drug-likeness (QED) is 0.141. The van der Waals surface area contributed by atoms with Gasteiger partial charge in [0.2, 0.25) is 0 Å². The summed E-state index contributed by atoms with van der Waals surface area (Å²) in [6.07, 6.45) is 1.51. The summed E-state index contributed by atoms with van der Waals surface area (Å²) in [4.78, 5) is 24.8. The van der Waals surface area contributed by atoms with E-state index >= 15 is 0 Å². The first-order valence-corrected chi connectivity index (χ1v) is 11.4. The number of ether oxygens (including phenoxy) is 2. The van der Waals surface area contributed by atoms with E-state index in [0.29, 0.717) is 17.1 Å². The summed E-state index contributed by atoms with van der Waals surface area (Å²) in [7, 11) is 0. The van der Waals surface area contributed by atoms with Crippen molar-refractivity contribution in [2.45, 2.75) is 0 Å². The number of hydrogen-bond donors (Lipinski definition) is 1. The molecule has 5 aromatic rings. The van der Waals surface area contributed by atoms with Crippen LogP contribution in [0.15, 0.2) is 114 Å². The Kier molecular flexibility index (Phi) is 6.67. The van der Waals surface area contributed by atoms with E-state index in [9.17, 15) is 9.59 Å². The lowest BCUT2D eigenvalue weighted by Gasteiger charge is -2.08. The van der Waals surface area contributed by atoms with Crippen LogP contribution in [0.5, 0.6) is 11.5 Å².